The highest BCUT2D eigenvalue weighted by Crippen LogP contribution is 2.10. The van der Waals surface area contributed by atoms with Crippen LogP contribution in [0, 0.1) is 0 Å². The number of hydrogen-bond donors (Lipinski definition) is 3. The number of nitrogens with one attached hydrogen (secondary N) is 3. The number of aromatic amines is 1. The molecule has 0 atom stereocenters. The topological polar surface area (TPSA) is 122 Å². The van der Waals surface area contributed by atoms with Gasteiger partial charge in [0.05, 0.1) is 17.6 Å². The molecule has 0 fully saturated rings. The molecule has 2 aromatic heterocycles. The Balaban J connectivity index is 1.40. The summed E-state index contributed by atoms with van der Waals surface area (Å²) in [6.45, 7) is -0.137. The molecule has 30 heavy (non-hydrogen) atoms. The van der Waals surface area contributed by atoms with Gasteiger partial charge in [-0.1, -0.05) is 30.3 Å². The van der Waals surface area contributed by atoms with Crippen LogP contribution < -0.4 is 16.2 Å². The zero-order valence-electron chi connectivity index (χ0n) is 15.8. The largest absolute Gasteiger partial charge is 0.347 e. The Morgan fingerprint density at radius 3 is 2.53 bits per heavy atom. The van der Waals surface area contributed by atoms with Crippen molar-refractivity contribution in [3.63, 3.8) is 0 Å². The van der Waals surface area contributed by atoms with Crippen LogP contribution in [-0.4, -0.2) is 31.6 Å². The van der Waals surface area contributed by atoms with E-state index < -0.39 is 17.4 Å². The number of rotatable bonds is 6. The first kappa shape index (κ1) is 19.1. The molecule has 2 amide bonds. The molecule has 0 bridgehead atoms. The molecule has 9 nitrogen and oxygen atoms in total. The minimum absolute atomic E-state index is 0.0311. The molecule has 2 aromatic carbocycles. The van der Waals surface area contributed by atoms with E-state index in [0.717, 1.165) is 15.7 Å². The third-order valence-corrected chi connectivity index (χ3v) is 4.32. The standard InChI is InChI=1S/C21H18N6O3/c28-19(22-12-18-24-15-8-4-5-9-16(15)25-18)13-27-20(29)11-10-17(26-27)21(30)23-14-6-2-1-3-7-14/h1-11H,12-13H2,(H,22,28)(H,23,30)(H,24,25). The van der Waals surface area contributed by atoms with Crippen molar-refractivity contribution in [1.29, 1.82) is 0 Å². The summed E-state index contributed by atoms with van der Waals surface area (Å²) in [5, 5.41) is 9.38. The maximum absolute atomic E-state index is 12.4. The number of fused-ring (bicyclic) bond motifs is 1. The third-order valence-electron chi connectivity index (χ3n) is 4.32. The average molecular weight is 402 g/mol. The van der Waals surface area contributed by atoms with Crippen molar-refractivity contribution in [1.82, 2.24) is 25.1 Å². The van der Waals surface area contributed by atoms with Gasteiger partial charge in [-0.15, -0.1) is 0 Å². The fraction of sp³-hybridized carbons (Fsp3) is 0.0952. The Morgan fingerprint density at radius 2 is 1.73 bits per heavy atom. The van der Waals surface area contributed by atoms with Crippen LogP contribution in [-0.2, 0) is 17.9 Å². The van der Waals surface area contributed by atoms with Gasteiger partial charge in [-0.2, -0.15) is 5.10 Å². The first-order valence-electron chi connectivity index (χ1n) is 9.23. The van der Waals surface area contributed by atoms with E-state index in [4.69, 9.17) is 0 Å². The summed E-state index contributed by atoms with van der Waals surface area (Å²) in [6, 6.07) is 18.9. The van der Waals surface area contributed by atoms with Crippen molar-refractivity contribution in [3.05, 3.63) is 88.6 Å². The molecule has 3 N–H and O–H groups in total. The molecule has 150 valence electrons. The first-order valence-corrected chi connectivity index (χ1v) is 9.23. The van der Waals surface area contributed by atoms with E-state index in [1.165, 1.54) is 12.1 Å². The second kappa shape index (κ2) is 8.39. The maximum Gasteiger partial charge on any atom is 0.276 e. The Hall–Kier alpha value is -4.27. The average Bonchev–Trinajstić information content (AvgIpc) is 3.17. The van der Waals surface area contributed by atoms with Gasteiger partial charge in [0.25, 0.3) is 11.5 Å². The number of carbonyl (C=O) groups is 2. The fourth-order valence-corrected chi connectivity index (χ4v) is 2.86. The number of nitrogens with zero attached hydrogens (tertiary/aromatic N) is 3. The summed E-state index contributed by atoms with van der Waals surface area (Å²) >= 11 is 0. The fourth-order valence-electron chi connectivity index (χ4n) is 2.86. The van der Waals surface area contributed by atoms with Gasteiger partial charge in [0, 0.05) is 11.8 Å². The highest BCUT2D eigenvalue weighted by molar-refractivity contribution is 6.02. The SMILES string of the molecule is O=C(Cn1nc(C(=O)Nc2ccccc2)ccc1=O)NCc1nc2ccccc2[nH]1. The van der Waals surface area contributed by atoms with E-state index in [-0.39, 0.29) is 18.8 Å². The number of carbonyl (C=O) groups excluding carboxylic acids is 2. The van der Waals surface area contributed by atoms with Crippen LogP contribution in [0.3, 0.4) is 0 Å². The summed E-state index contributed by atoms with van der Waals surface area (Å²) < 4.78 is 0.952. The van der Waals surface area contributed by atoms with E-state index in [9.17, 15) is 14.4 Å². The predicted octanol–water partition coefficient (Wildman–Crippen LogP) is 1.69. The number of anilines is 1. The molecule has 4 aromatic rings. The molecule has 0 saturated heterocycles. The van der Waals surface area contributed by atoms with Crippen molar-refractivity contribution in [2.75, 3.05) is 5.32 Å². The van der Waals surface area contributed by atoms with Gasteiger partial charge in [0.2, 0.25) is 5.91 Å². The number of amides is 2. The van der Waals surface area contributed by atoms with Gasteiger partial charge < -0.3 is 15.6 Å². The molecule has 9 heteroatoms. The van der Waals surface area contributed by atoms with Crippen molar-refractivity contribution in [2.45, 2.75) is 13.1 Å². The molecule has 0 radical (unpaired) electrons. The summed E-state index contributed by atoms with van der Waals surface area (Å²) in [4.78, 5) is 44.2. The number of para-hydroxylation sites is 3. The Morgan fingerprint density at radius 1 is 0.967 bits per heavy atom. The number of H-pyrrole nitrogens is 1. The van der Waals surface area contributed by atoms with Gasteiger partial charge in [-0.05, 0) is 30.3 Å². The summed E-state index contributed by atoms with van der Waals surface area (Å²) in [5.74, 6) is -0.302. The second-order valence-corrected chi connectivity index (χ2v) is 6.51. The molecule has 0 spiro atoms. The predicted molar refractivity (Wildman–Crippen MR) is 111 cm³/mol. The van der Waals surface area contributed by atoms with Gasteiger partial charge in [0.15, 0.2) is 0 Å². The highest BCUT2D eigenvalue weighted by Gasteiger charge is 2.12. The van der Waals surface area contributed by atoms with Crippen molar-refractivity contribution in [3.8, 4) is 0 Å². The van der Waals surface area contributed by atoms with Crippen molar-refractivity contribution >= 4 is 28.5 Å². The normalized spacial score (nSPS) is 10.7. The molecule has 0 aliphatic carbocycles. The Labute approximate surface area is 170 Å². The van der Waals surface area contributed by atoms with E-state index in [2.05, 4.69) is 25.7 Å². The van der Waals surface area contributed by atoms with Crippen molar-refractivity contribution in [2.24, 2.45) is 0 Å². The third kappa shape index (κ3) is 4.41. The van der Waals surface area contributed by atoms with Crippen LogP contribution in [0.4, 0.5) is 5.69 Å². The van der Waals surface area contributed by atoms with Crippen LogP contribution >= 0.6 is 0 Å². The highest BCUT2D eigenvalue weighted by atomic mass is 16.2. The number of benzene rings is 2. The van der Waals surface area contributed by atoms with E-state index >= 15 is 0 Å². The molecule has 0 aliphatic rings. The summed E-state index contributed by atoms with van der Waals surface area (Å²) in [5.41, 5.74) is 1.83. The molecular formula is C21H18N6O3. The van der Waals surface area contributed by atoms with Crippen LogP contribution in [0.15, 0.2) is 71.5 Å². The van der Waals surface area contributed by atoms with Gasteiger partial charge >= 0.3 is 0 Å². The quantitative estimate of drug-likeness (QED) is 0.453. The van der Waals surface area contributed by atoms with Gasteiger partial charge in [-0.3, -0.25) is 14.4 Å². The van der Waals surface area contributed by atoms with E-state index in [0.29, 0.717) is 11.5 Å². The van der Waals surface area contributed by atoms with E-state index in [1.807, 2.05) is 30.3 Å². The molecule has 4 rings (SSSR count). The number of hydrogen-bond acceptors (Lipinski definition) is 5. The lowest BCUT2D eigenvalue weighted by atomic mass is 10.3. The lowest BCUT2D eigenvalue weighted by Crippen LogP contribution is -2.34. The van der Waals surface area contributed by atoms with E-state index in [1.54, 1.807) is 24.3 Å². The molecule has 0 saturated carbocycles. The Kier molecular flexibility index (Phi) is 5.33. The second-order valence-electron chi connectivity index (χ2n) is 6.51. The lowest BCUT2D eigenvalue weighted by molar-refractivity contribution is -0.122. The maximum atomic E-state index is 12.4. The van der Waals surface area contributed by atoms with Gasteiger partial charge in [-0.25, -0.2) is 9.67 Å². The summed E-state index contributed by atoms with van der Waals surface area (Å²) in [7, 11) is 0. The van der Waals surface area contributed by atoms with Crippen LogP contribution in [0.2, 0.25) is 0 Å². The molecule has 0 unspecified atom stereocenters. The molecular weight excluding hydrogens is 384 g/mol. The van der Waals surface area contributed by atoms with Crippen LogP contribution in [0.5, 0.6) is 0 Å². The monoisotopic (exact) mass is 402 g/mol. The minimum Gasteiger partial charge on any atom is -0.347 e. The molecule has 2 heterocycles. The lowest BCUT2D eigenvalue weighted by Gasteiger charge is -2.08. The van der Waals surface area contributed by atoms with Crippen molar-refractivity contribution < 1.29 is 9.59 Å². The van der Waals surface area contributed by atoms with Crippen LogP contribution in [0.25, 0.3) is 11.0 Å². The number of imidazole rings is 1. The molecule has 0 aliphatic heterocycles. The zero-order valence-corrected chi connectivity index (χ0v) is 15.8. The smallest absolute Gasteiger partial charge is 0.276 e. The number of aromatic nitrogens is 4. The Bertz CT molecular complexity index is 1230. The van der Waals surface area contributed by atoms with Crippen LogP contribution in [0.1, 0.15) is 16.3 Å². The minimum atomic E-state index is -0.481. The summed E-state index contributed by atoms with van der Waals surface area (Å²) in [6.07, 6.45) is 0. The van der Waals surface area contributed by atoms with Gasteiger partial charge in [0.1, 0.15) is 18.1 Å². The first-order chi connectivity index (χ1) is 14.6. The zero-order chi connectivity index (χ0) is 20.9.